The molecular formula is C46H58FN5O8. The summed E-state index contributed by atoms with van der Waals surface area (Å²) in [7, 11) is 2.48. The summed E-state index contributed by atoms with van der Waals surface area (Å²) in [5.74, 6) is -1.12. The van der Waals surface area contributed by atoms with Crippen molar-refractivity contribution in [2.24, 2.45) is 10.8 Å². The SMILES string of the molecule is COC(=O)N[C@H](C(=O)N1CC[C@H]1C(=O)Cc1ccc(CN(Cc2ccc(CC(=O)[C@@H]3CCN3C(=O)[C@@H](NC(=O)OC)C(C)(C)C)cc2)c2ccc(F)cc2)cc1)C(C)(C)C. The van der Waals surface area contributed by atoms with Crippen LogP contribution in [0.1, 0.15) is 76.6 Å². The number of likely N-dealkylation sites (tertiary alicyclic amines) is 2. The molecule has 0 aromatic heterocycles. The smallest absolute Gasteiger partial charge is 0.407 e. The zero-order valence-corrected chi connectivity index (χ0v) is 35.9. The van der Waals surface area contributed by atoms with Crippen LogP contribution in [0.15, 0.2) is 72.8 Å². The highest BCUT2D eigenvalue weighted by atomic mass is 19.1. The Bertz CT molecular complexity index is 1900. The average molecular weight is 828 g/mol. The van der Waals surface area contributed by atoms with Crippen molar-refractivity contribution >= 4 is 41.3 Å². The Balaban J connectivity index is 1.20. The molecule has 0 saturated carbocycles. The number of carbonyl (C=O) groups excluding carboxylic acids is 6. The molecule has 3 aromatic rings. The van der Waals surface area contributed by atoms with E-state index in [0.29, 0.717) is 39.0 Å². The maximum atomic E-state index is 14.0. The average Bonchev–Trinajstić information content (AvgIpc) is 3.15. The molecule has 14 heteroatoms. The minimum Gasteiger partial charge on any atom is -0.453 e. The molecular weight excluding hydrogens is 770 g/mol. The molecule has 13 nitrogen and oxygen atoms in total. The Hall–Kier alpha value is -5.79. The molecule has 0 unspecified atom stereocenters. The Kier molecular flexibility index (Phi) is 14.4. The van der Waals surface area contributed by atoms with E-state index in [1.165, 1.54) is 36.2 Å². The van der Waals surface area contributed by atoms with E-state index in [2.05, 4.69) is 15.5 Å². The fourth-order valence-corrected chi connectivity index (χ4v) is 7.45. The highest BCUT2D eigenvalue weighted by Gasteiger charge is 2.45. The maximum Gasteiger partial charge on any atom is 0.407 e. The van der Waals surface area contributed by atoms with Gasteiger partial charge >= 0.3 is 12.2 Å². The molecule has 0 spiro atoms. The quantitative estimate of drug-likeness (QED) is 0.188. The number of methoxy groups -OCH3 is 2. The van der Waals surface area contributed by atoms with Crippen LogP contribution in [0.3, 0.4) is 0 Å². The molecule has 2 aliphatic rings. The van der Waals surface area contributed by atoms with Crippen molar-refractivity contribution < 1.29 is 42.6 Å². The number of ether oxygens (including phenoxy) is 2. The maximum absolute atomic E-state index is 14.0. The number of anilines is 1. The van der Waals surface area contributed by atoms with Gasteiger partial charge in [0.2, 0.25) is 11.8 Å². The van der Waals surface area contributed by atoms with Crippen LogP contribution in [0.4, 0.5) is 19.7 Å². The van der Waals surface area contributed by atoms with Crippen molar-refractivity contribution in [3.63, 3.8) is 0 Å². The fraction of sp³-hybridized carbons (Fsp3) is 0.478. The molecule has 0 bridgehead atoms. The fourth-order valence-electron chi connectivity index (χ4n) is 7.45. The molecule has 4 amide bonds. The van der Waals surface area contributed by atoms with Crippen LogP contribution in [0, 0.1) is 16.6 Å². The van der Waals surface area contributed by atoms with Crippen LogP contribution in [0.25, 0.3) is 0 Å². The summed E-state index contributed by atoms with van der Waals surface area (Å²) in [6.45, 7) is 12.9. The second-order valence-electron chi connectivity index (χ2n) is 17.8. The number of halogens is 1. The van der Waals surface area contributed by atoms with Gasteiger partial charge in [-0.3, -0.25) is 19.2 Å². The molecule has 0 aliphatic carbocycles. The Morgan fingerprint density at radius 1 is 0.617 bits per heavy atom. The lowest BCUT2D eigenvalue weighted by Crippen LogP contribution is -2.63. The first-order chi connectivity index (χ1) is 28.3. The summed E-state index contributed by atoms with van der Waals surface area (Å²) in [5, 5.41) is 5.26. The van der Waals surface area contributed by atoms with Gasteiger partial charge in [-0.1, -0.05) is 90.1 Å². The third-order valence-corrected chi connectivity index (χ3v) is 11.2. The summed E-state index contributed by atoms with van der Waals surface area (Å²) >= 11 is 0. The van der Waals surface area contributed by atoms with Gasteiger partial charge < -0.3 is 34.8 Å². The second-order valence-corrected chi connectivity index (χ2v) is 17.8. The van der Waals surface area contributed by atoms with Gasteiger partial charge in [-0.05, 0) is 70.2 Å². The number of alkyl carbamates (subject to hydrolysis) is 2. The van der Waals surface area contributed by atoms with Gasteiger partial charge in [0.25, 0.3) is 0 Å². The number of nitrogens with zero attached hydrogens (tertiary/aromatic N) is 3. The highest BCUT2D eigenvalue weighted by molar-refractivity contribution is 5.96. The van der Waals surface area contributed by atoms with Crippen LogP contribution in [0.2, 0.25) is 0 Å². The first kappa shape index (κ1) is 45.3. The monoisotopic (exact) mass is 827 g/mol. The Morgan fingerprint density at radius 2 is 0.967 bits per heavy atom. The number of rotatable bonds is 15. The minimum absolute atomic E-state index is 0.0771. The van der Waals surface area contributed by atoms with Crippen molar-refractivity contribution in [1.82, 2.24) is 20.4 Å². The molecule has 2 heterocycles. The number of hydrogen-bond donors (Lipinski definition) is 2. The number of carbonyl (C=O) groups is 6. The van der Waals surface area contributed by atoms with Crippen LogP contribution in [-0.2, 0) is 54.6 Å². The van der Waals surface area contributed by atoms with Gasteiger partial charge in [0.15, 0.2) is 11.6 Å². The zero-order chi connectivity index (χ0) is 43.9. The Labute approximate surface area is 351 Å². The number of Topliss-reactive ketones (excluding diaryl/α,β-unsaturated/α-hetero) is 2. The molecule has 2 fully saturated rings. The van der Waals surface area contributed by atoms with E-state index in [1.807, 2.05) is 90.1 Å². The molecule has 3 aromatic carbocycles. The standard InChI is InChI=1S/C46H58FN5O8/c1-45(2,3)39(48-43(57)59-7)41(55)51-23-21-35(51)37(53)25-29-9-13-31(14-10-29)27-50(34-19-17-33(47)18-20-34)28-32-15-11-30(12-16-32)26-38(54)36-22-24-52(36)42(56)40(46(4,5)6)49-44(58)60-8/h9-20,35-36,39-40H,21-28H2,1-8H3,(H,48,57)(H,49,58)/t35-,36-,39+,40+/m0/s1. The van der Waals surface area contributed by atoms with Gasteiger partial charge in [0, 0.05) is 44.7 Å². The zero-order valence-electron chi connectivity index (χ0n) is 35.9. The first-order valence-electron chi connectivity index (χ1n) is 20.3. The molecule has 2 aliphatic heterocycles. The van der Waals surface area contributed by atoms with Crippen molar-refractivity contribution in [2.75, 3.05) is 32.2 Å². The van der Waals surface area contributed by atoms with E-state index >= 15 is 0 Å². The third kappa shape index (κ3) is 11.3. The van der Waals surface area contributed by atoms with Crippen molar-refractivity contribution in [3.05, 3.63) is 101 Å². The van der Waals surface area contributed by atoms with Gasteiger partial charge in [-0.2, -0.15) is 0 Å². The summed E-state index contributed by atoms with van der Waals surface area (Å²) in [6.07, 6.45) is -0.00988. The van der Waals surface area contributed by atoms with E-state index in [4.69, 9.17) is 9.47 Å². The predicted octanol–water partition coefficient (Wildman–Crippen LogP) is 6.00. The van der Waals surface area contributed by atoms with E-state index in [-0.39, 0.29) is 42.0 Å². The lowest BCUT2D eigenvalue weighted by atomic mass is 9.84. The van der Waals surface area contributed by atoms with E-state index in [0.717, 1.165) is 27.9 Å². The van der Waals surface area contributed by atoms with E-state index < -0.39 is 47.2 Å². The number of benzene rings is 3. The molecule has 4 atom stereocenters. The van der Waals surface area contributed by atoms with Crippen molar-refractivity contribution in [3.8, 4) is 0 Å². The molecule has 0 radical (unpaired) electrons. The molecule has 322 valence electrons. The predicted molar refractivity (Wildman–Crippen MR) is 224 cm³/mol. The van der Waals surface area contributed by atoms with Gasteiger partial charge in [-0.25, -0.2) is 14.0 Å². The van der Waals surface area contributed by atoms with Gasteiger partial charge in [-0.15, -0.1) is 0 Å². The lowest BCUT2D eigenvalue weighted by Gasteiger charge is -2.44. The lowest BCUT2D eigenvalue weighted by molar-refractivity contribution is -0.150. The summed E-state index contributed by atoms with van der Waals surface area (Å²) < 4.78 is 23.4. The number of ketones is 2. The normalized spacial score (nSPS) is 17.3. The minimum atomic E-state index is -0.847. The largest absolute Gasteiger partial charge is 0.453 e. The van der Waals surface area contributed by atoms with Gasteiger partial charge in [0.05, 0.1) is 26.3 Å². The number of amides is 4. The summed E-state index contributed by atoms with van der Waals surface area (Å²) in [6, 6.07) is 18.9. The van der Waals surface area contributed by atoms with Crippen LogP contribution in [-0.4, -0.2) is 96.8 Å². The topological polar surface area (TPSA) is 155 Å². The Morgan fingerprint density at radius 3 is 1.27 bits per heavy atom. The second kappa shape index (κ2) is 19.1. The third-order valence-electron chi connectivity index (χ3n) is 11.2. The van der Waals surface area contributed by atoms with Gasteiger partial charge in [0.1, 0.15) is 17.9 Å². The summed E-state index contributed by atoms with van der Waals surface area (Å²) in [5.41, 5.74) is 3.17. The number of nitrogens with one attached hydrogen (secondary N) is 2. The molecule has 5 rings (SSSR count). The highest BCUT2D eigenvalue weighted by Crippen LogP contribution is 2.30. The first-order valence-corrected chi connectivity index (χ1v) is 20.3. The van der Waals surface area contributed by atoms with Crippen molar-refractivity contribution in [1.29, 1.82) is 0 Å². The van der Waals surface area contributed by atoms with Crippen LogP contribution in [0.5, 0.6) is 0 Å². The summed E-state index contributed by atoms with van der Waals surface area (Å²) in [4.78, 5) is 82.9. The van der Waals surface area contributed by atoms with E-state index in [9.17, 15) is 33.2 Å². The van der Waals surface area contributed by atoms with Crippen molar-refractivity contribution in [2.45, 2.75) is 104 Å². The molecule has 2 N–H and O–H groups in total. The van der Waals surface area contributed by atoms with Crippen LogP contribution >= 0.6 is 0 Å². The molecule has 60 heavy (non-hydrogen) atoms. The number of hydrogen-bond acceptors (Lipinski definition) is 9. The molecule has 2 saturated heterocycles. The van der Waals surface area contributed by atoms with E-state index in [1.54, 1.807) is 12.1 Å². The van der Waals surface area contributed by atoms with Crippen LogP contribution < -0.4 is 15.5 Å².